The third kappa shape index (κ3) is 3.63. The average molecular weight is 376 g/mol. The fourth-order valence-corrected chi connectivity index (χ4v) is 3.51. The lowest BCUT2D eigenvalue weighted by atomic mass is 10.1. The fourth-order valence-electron chi connectivity index (χ4n) is 2.78. The minimum atomic E-state index is -0.213. The first-order chi connectivity index (χ1) is 13.2. The maximum atomic E-state index is 12.4. The van der Waals surface area contributed by atoms with Crippen LogP contribution in [0.1, 0.15) is 10.4 Å². The molecule has 4 aromatic rings. The quantitative estimate of drug-likeness (QED) is 0.581. The zero-order chi connectivity index (χ0) is 18.6. The normalized spacial score (nSPS) is 10.8. The highest BCUT2D eigenvalue weighted by Gasteiger charge is 2.08. The van der Waals surface area contributed by atoms with Gasteiger partial charge in [0.15, 0.2) is 0 Å². The maximum absolute atomic E-state index is 12.4. The van der Waals surface area contributed by atoms with Crippen LogP contribution in [0.3, 0.4) is 0 Å². The van der Waals surface area contributed by atoms with Crippen molar-refractivity contribution >= 4 is 28.1 Å². The molecule has 0 atom stereocenters. The van der Waals surface area contributed by atoms with Gasteiger partial charge in [-0.3, -0.25) is 9.59 Å². The molecule has 27 heavy (non-hydrogen) atoms. The van der Waals surface area contributed by atoms with E-state index in [1.54, 1.807) is 41.7 Å². The van der Waals surface area contributed by atoms with Crippen molar-refractivity contribution in [2.24, 2.45) is 0 Å². The van der Waals surface area contributed by atoms with Crippen LogP contribution in [0.4, 0.5) is 0 Å². The van der Waals surface area contributed by atoms with Gasteiger partial charge in [-0.25, -0.2) is 4.68 Å². The third-order valence-electron chi connectivity index (χ3n) is 4.19. The number of amides is 1. The Morgan fingerprint density at radius 1 is 1.04 bits per heavy atom. The first-order valence-electron chi connectivity index (χ1n) is 8.47. The van der Waals surface area contributed by atoms with Gasteiger partial charge in [0.2, 0.25) is 0 Å². The second kappa shape index (κ2) is 7.51. The molecule has 1 amide bonds. The summed E-state index contributed by atoms with van der Waals surface area (Å²) in [6.07, 6.45) is 0. The van der Waals surface area contributed by atoms with E-state index in [-0.39, 0.29) is 18.0 Å². The number of rotatable bonds is 5. The molecule has 0 radical (unpaired) electrons. The van der Waals surface area contributed by atoms with Crippen molar-refractivity contribution in [3.8, 4) is 10.4 Å². The first-order valence-corrected chi connectivity index (χ1v) is 9.35. The average Bonchev–Trinajstić information content (AvgIpc) is 3.25. The predicted molar refractivity (Wildman–Crippen MR) is 106 cm³/mol. The summed E-state index contributed by atoms with van der Waals surface area (Å²) in [6, 6.07) is 18.6. The van der Waals surface area contributed by atoms with E-state index in [1.165, 1.54) is 4.68 Å². The van der Waals surface area contributed by atoms with Crippen molar-refractivity contribution in [1.29, 1.82) is 0 Å². The van der Waals surface area contributed by atoms with E-state index in [1.807, 2.05) is 35.7 Å². The zero-order valence-corrected chi connectivity index (χ0v) is 15.1. The molecule has 0 saturated heterocycles. The van der Waals surface area contributed by atoms with Crippen LogP contribution in [0.2, 0.25) is 0 Å². The van der Waals surface area contributed by atoms with E-state index in [0.717, 1.165) is 10.4 Å². The van der Waals surface area contributed by atoms with Crippen LogP contribution in [-0.4, -0.2) is 27.4 Å². The minimum Gasteiger partial charge on any atom is -0.350 e. The molecule has 2 aromatic heterocycles. The smallest absolute Gasteiger partial charge is 0.277 e. The topological polar surface area (TPSA) is 76.9 Å². The lowest BCUT2D eigenvalue weighted by molar-refractivity contribution is 0.0951. The van der Waals surface area contributed by atoms with Gasteiger partial charge in [-0.15, -0.1) is 16.4 Å². The zero-order valence-electron chi connectivity index (χ0n) is 14.3. The number of nitrogens with one attached hydrogen (secondary N) is 1. The summed E-state index contributed by atoms with van der Waals surface area (Å²) in [5.41, 5.74) is 2.01. The SMILES string of the molecule is O=C(NCCn1nnc2ccccc2c1=O)c1ccc(-c2cccs2)cc1. The molecule has 2 aromatic carbocycles. The van der Waals surface area contributed by atoms with Gasteiger partial charge in [0, 0.05) is 17.0 Å². The lowest BCUT2D eigenvalue weighted by Crippen LogP contribution is -2.32. The molecule has 7 heteroatoms. The number of aromatic nitrogens is 3. The number of hydrogen-bond acceptors (Lipinski definition) is 5. The predicted octanol–water partition coefficient (Wildman–Crippen LogP) is 2.95. The van der Waals surface area contributed by atoms with E-state index >= 15 is 0 Å². The Labute approximate surface area is 159 Å². The summed E-state index contributed by atoms with van der Waals surface area (Å²) >= 11 is 1.66. The Balaban J connectivity index is 1.40. The number of hydrogen-bond donors (Lipinski definition) is 1. The molecular formula is C20H16N4O2S. The molecule has 0 aliphatic rings. The molecule has 2 heterocycles. The van der Waals surface area contributed by atoms with Gasteiger partial charge >= 0.3 is 0 Å². The Morgan fingerprint density at radius 2 is 1.85 bits per heavy atom. The Kier molecular flexibility index (Phi) is 4.76. The summed E-state index contributed by atoms with van der Waals surface area (Å²) in [4.78, 5) is 25.8. The summed E-state index contributed by atoms with van der Waals surface area (Å²) < 4.78 is 1.27. The highest BCUT2D eigenvalue weighted by molar-refractivity contribution is 7.13. The van der Waals surface area contributed by atoms with Gasteiger partial charge in [-0.2, -0.15) is 0 Å². The second-order valence-electron chi connectivity index (χ2n) is 5.95. The summed E-state index contributed by atoms with van der Waals surface area (Å²) in [5.74, 6) is -0.186. The van der Waals surface area contributed by atoms with Gasteiger partial charge in [-0.05, 0) is 41.3 Å². The Morgan fingerprint density at radius 3 is 2.63 bits per heavy atom. The molecule has 0 spiro atoms. The number of fused-ring (bicyclic) bond motifs is 1. The third-order valence-corrected chi connectivity index (χ3v) is 5.11. The van der Waals surface area contributed by atoms with Gasteiger partial charge in [0.05, 0.1) is 11.9 Å². The fraction of sp³-hybridized carbons (Fsp3) is 0.100. The van der Waals surface area contributed by atoms with E-state index in [4.69, 9.17) is 0 Å². The van der Waals surface area contributed by atoms with E-state index in [9.17, 15) is 9.59 Å². The minimum absolute atomic E-state index is 0.186. The molecule has 0 bridgehead atoms. The highest BCUT2D eigenvalue weighted by Crippen LogP contribution is 2.24. The van der Waals surface area contributed by atoms with Crippen molar-refractivity contribution in [2.75, 3.05) is 6.54 Å². The van der Waals surface area contributed by atoms with Crippen molar-refractivity contribution in [1.82, 2.24) is 20.3 Å². The van der Waals surface area contributed by atoms with Crippen LogP contribution < -0.4 is 10.9 Å². The van der Waals surface area contributed by atoms with Crippen molar-refractivity contribution in [3.63, 3.8) is 0 Å². The van der Waals surface area contributed by atoms with Crippen LogP contribution in [-0.2, 0) is 6.54 Å². The van der Waals surface area contributed by atoms with Crippen LogP contribution in [0.15, 0.2) is 70.8 Å². The molecule has 4 rings (SSSR count). The summed E-state index contributed by atoms with van der Waals surface area (Å²) in [7, 11) is 0. The summed E-state index contributed by atoms with van der Waals surface area (Å²) in [6.45, 7) is 0.550. The molecule has 134 valence electrons. The van der Waals surface area contributed by atoms with Crippen molar-refractivity contribution < 1.29 is 4.79 Å². The monoisotopic (exact) mass is 376 g/mol. The van der Waals surface area contributed by atoms with E-state index < -0.39 is 0 Å². The van der Waals surface area contributed by atoms with E-state index in [2.05, 4.69) is 15.6 Å². The number of carbonyl (C=O) groups is 1. The number of nitrogens with zero attached hydrogens (tertiary/aromatic N) is 3. The molecule has 6 nitrogen and oxygen atoms in total. The van der Waals surface area contributed by atoms with Gasteiger partial charge in [-0.1, -0.05) is 35.5 Å². The Hall–Kier alpha value is -3.32. The van der Waals surface area contributed by atoms with Gasteiger partial charge < -0.3 is 5.32 Å². The first kappa shape index (κ1) is 17.1. The van der Waals surface area contributed by atoms with Crippen LogP contribution in [0.25, 0.3) is 21.3 Å². The van der Waals surface area contributed by atoms with E-state index in [0.29, 0.717) is 23.0 Å². The van der Waals surface area contributed by atoms with Crippen LogP contribution in [0.5, 0.6) is 0 Å². The molecule has 0 unspecified atom stereocenters. The Bertz CT molecular complexity index is 1130. The van der Waals surface area contributed by atoms with Crippen molar-refractivity contribution in [2.45, 2.75) is 6.54 Å². The molecule has 0 saturated carbocycles. The van der Waals surface area contributed by atoms with Crippen LogP contribution in [0, 0.1) is 0 Å². The number of thiophene rings is 1. The van der Waals surface area contributed by atoms with Crippen molar-refractivity contribution in [3.05, 3.63) is 82.0 Å². The molecule has 0 aliphatic heterocycles. The number of benzene rings is 2. The largest absolute Gasteiger partial charge is 0.350 e. The molecule has 0 fully saturated rings. The van der Waals surface area contributed by atoms with Crippen LogP contribution >= 0.6 is 11.3 Å². The highest BCUT2D eigenvalue weighted by atomic mass is 32.1. The second-order valence-corrected chi connectivity index (χ2v) is 6.89. The number of carbonyl (C=O) groups excluding carboxylic acids is 1. The van der Waals surface area contributed by atoms with Gasteiger partial charge in [0.25, 0.3) is 11.5 Å². The van der Waals surface area contributed by atoms with Gasteiger partial charge in [0.1, 0.15) is 5.52 Å². The maximum Gasteiger partial charge on any atom is 0.277 e. The summed E-state index contributed by atoms with van der Waals surface area (Å²) in [5, 5.41) is 13.3. The molecule has 0 aliphatic carbocycles. The molecule has 1 N–H and O–H groups in total. The standard InChI is InChI=1S/C20H16N4O2S/c25-19(15-9-7-14(8-10-15)18-6-3-13-27-18)21-11-12-24-20(26)16-4-1-2-5-17(16)22-23-24/h1-10,13H,11-12H2,(H,21,25). The lowest BCUT2D eigenvalue weighted by Gasteiger charge is -2.07. The molecular weight excluding hydrogens is 360 g/mol.